The Morgan fingerprint density at radius 3 is 2.18 bits per heavy atom. The van der Waals surface area contributed by atoms with Gasteiger partial charge in [-0.3, -0.25) is 9.59 Å². The van der Waals surface area contributed by atoms with Crippen LogP contribution in [0.5, 0.6) is 0 Å². The minimum atomic E-state index is -1.03. The Balaban J connectivity index is 1.94. The van der Waals surface area contributed by atoms with E-state index >= 15 is 0 Å². The third-order valence-electron chi connectivity index (χ3n) is 4.58. The molecule has 0 bridgehead atoms. The second-order valence-electron chi connectivity index (χ2n) is 5.77. The Hall–Kier alpha value is -1.26. The number of nitrogens with zero attached hydrogens (tertiary/aromatic N) is 2. The largest absolute Gasteiger partial charge is 0.369 e. The van der Waals surface area contributed by atoms with Crippen molar-refractivity contribution in [2.75, 3.05) is 6.54 Å². The van der Waals surface area contributed by atoms with E-state index in [-0.39, 0.29) is 11.7 Å². The standard InChI is InChI=1S/C12H17N3O2/c1-11(10(13)17,7-2-3-7)9(16)12(6-14-15-12)8-4-5-8/h7-8H,2-6H2,1H3,(H2,13,17). The van der Waals surface area contributed by atoms with E-state index in [2.05, 4.69) is 10.2 Å². The van der Waals surface area contributed by atoms with Gasteiger partial charge in [-0.1, -0.05) is 0 Å². The highest BCUT2D eigenvalue weighted by Crippen LogP contribution is 2.54. The lowest BCUT2D eigenvalue weighted by Crippen LogP contribution is -2.58. The van der Waals surface area contributed by atoms with Crippen molar-refractivity contribution in [2.24, 2.45) is 33.2 Å². The number of primary amides is 1. The second kappa shape index (κ2) is 3.15. The van der Waals surface area contributed by atoms with Crippen LogP contribution in [-0.4, -0.2) is 23.8 Å². The van der Waals surface area contributed by atoms with E-state index in [1.807, 2.05) is 0 Å². The first-order valence-corrected chi connectivity index (χ1v) is 6.25. The molecule has 2 aliphatic carbocycles. The molecule has 1 heterocycles. The van der Waals surface area contributed by atoms with Crippen molar-refractivity contribution in [3.8, 4) is 0 Å². The summed E-state index contributed by atoms with van der Waals surface area (Å²) >= 11 is 0. The van der Waals surface area contributed by atoms with Gasteiger partial charge < -0.3 is 5.73 Å². The summed E-state index contributed by atoms with van der Waals surface area (Å²) in [5, 5.41) is 7.95. The molecule has 3 rings (SSSR count). The number of ketones is 1. The lowest BCUT2D eigenvalue weighted by molar-refractivity contribution is -0.145. The molecule has 0 saturated heterocycles. The first-order valence-electron chi connectivity index (χ1n) is 6.25. The summed E-state index contributed by atoms with van der Waals surface area (Å²) in [6.45, 7) is 2.15. The van der Waals surface area contributed by atoms with Crippen molar-refractivity contribution in [3.63, 3.8) is 0 Å². The van der Waals surface area contributed by atoms with E-state index in [4.69, 9.17) is 5.73 Å². The minimum Gasteiger partial charge on any atom is -0.369 e. The number of hydrogen-bond donors (Lipinski definition) is 1. The summed E-state index contributed by atoms with van der Waals surface area (Å²) in [5.74, 6) is -0.145. The molecule has 17 heavy (non-hydrogen) atoms. The molecular weight excluding hydrogens is 218 g/mol. The number of hydrogen-bond acceptors (Lipinski definition) is 4. The molecule has 92 valence electrons. The molecule has 5 nitrogen and oxygen atoms in total. The van der Waals surface area contributed by atoms with Gasteiger partial charge in [0.2, 0.25) is 5.91 Å². The molecule has 2 unspecified atom stereocenters. The van der Waals surface area contributed by atoms with Gasteiger partial charge in [-0.15, -0.1) is 0 Å². The fraction of sp³-hybridized carbons (Fsp3) is 0.833. The number of nitrogens with two attached hydrogens (primary N) is 1. The zero-order valence-electron chi connectivity index (χ0n) is 9.98. The van der Waals surface area contributed by atoms with Crippen LogP contribution < -0.4 is 5.73 Å². The molecule has 1 aliphatic heterocycles. The Morgan fingerprint density at radius 2 is 1.88 bits per heavy atom. The van der Waals surface area contributed by atoms with Crippen LogP contribution in [0.15, 0.2) is 10.2 Å². The quantitative estimate of drug-likeness (QED) is 0.723. The SMILES string of the molecule is CC(C(N)=O)(C(=O)C1(C2CC2)CN=N1)C1CC1. The normalized spacial score (nSPS) is 34.9. The predicted molar refractivity (Wildman–Crippen MR) is 60.2 cm³/mol. The van der Waals surface area contributed by atoms with Crippen LogP contribution in [0.3, 0.4) is 0 Å². The summed E-state index contributed by atoms with van der Waals surface area (Å²) in [6, 6.07) is 0. The third kappa shape index (κ3) is 1.31. The first-order chi connectivity index (χ1) is 8.02. The Bertz CT molecular complexity index is 425. The van der Waals surface area contributed by atoms with Crippen molar-refractivity contribution in [2.45, 2.75) is 38.1 Å². The highest BCUT2D eigenvalue weighted by Gasteiger charge is 2.64. The highest BCUT2D eigenvalue weighted by atomic mass is 16.2. The topological polar surface area (TPSA) is 84.9 Å². The molecule has 3 aliphatic rings. The molecule has 2 N–H and O–H groups in total. The van der Waals surface area contributed by atoms with E-state index in [0.29, 0.717) is 12.5 Å². The van der Waals surface area contributed by atoms with Gasteiger partial charge in [0.05, 0.1) is 6.54 Å². The van der Waals surface area contributed by atoms with E-state index < -0.39 is 16.9 Å². The van der Waals surface area contributed by atoms with Gasteiger partial charge in [0.1, 0.15) is 5.41 Å². The van der Waals surface area contributed by atoms with Gasteiger partial charge in [0.25, 0.3) is 0 Å². The van der Waals surface area contributed by atoms with Gasteiger partial charge in [0.15, 0.2) is 11.3 Å². The zero-order valence-corrected chi connectivity index (χ0v) is 9.98. The van der Waals surface area contributed by atoms with Crippen molar-refractivity contribution in [1.82, 2.24) is 0 Å². The van der Waals surface area contributed by atoms with E-state index in [1.165, 1.54) is 0 Å². The summed E-state index contributed by atoms with van der Waals surface area (Å²) in [4.78, 5) is 24.4. The second-order valence-corrected chi connectivity index (χ2v) is 5.77. The summed E-state index contributed by atoms with van der Waals surface area (Å²) in [6.07, 6.45) is 3.88. The number of carbonyl (C=O) groups is 2. The lowest BCUT2D eigenvalue weighted by Gasteiger charge is -2.38. The average molecular weight is 235 g/mol. The maximum absolute atomic E-state index is 12.7. The zero-order chi connectivity index (χ0) is 12.3. The van der Waals surface area contributed by atoms with Crippen LogP contribution in [0.2, 0.25) is 0 Å². The maximum Gasteiger partial charge on any atom is 0.231 e. The van der Waals surface area contributed by atoms with Crippen molar-refractivity contribution >= 4 is 11.7 Å². The van der Waals surface area contributed by atoms with Gasteiger partial charge in [-0.05, 0) is 44.4 Å². The van der Waals surface area contributed by atoms with Crippen LogP contribution in [-0.2, 0) is 9.59 Å². The van der Waals surface area contributed by atoms with Crippen LogP contribution in [0.25, 0.3) is 0 Å². The number of azo groups is 1. The van der Waals surface area contributed by atoms with Crippen LogP contribution in [0.1, 0.15) is 32.6 Å². The molecule has 1 amide bonds. The first kappa shape index (κ1) is 10.9. The molecule has 0 spiro atoms. The molecule has 2 saturated carbocycles. The summed E-state index contributed by atoms with van der Waals surface area (Å²) < 4.78 is 0. The lowest BCUT2D eigenvalue weighted by atomic mass is 9.69. The van der Waals surface area contributed by atoms with Crippen molar-refractivity contribution in [3.05, 3.63) is 0 Å². The predicted octanol–water partition coefficient (Wildman–Crippen LogP) is 1.07. The highest BCUT2D eigenvalue weighted by molar-refractivity contribution is 6.10. The number of Topliss-reactive ketones (excluding diaryl/α,β-unsaturated/α-hetero) is 1. The van der Waals surface area contributed by atoms with E-state index in [1.54, 1.807) is 6.92 Å². The molecule has 2 atom stereocenters. The molecule has 2 fully saturated rings. The monoisotopic (exact) mass is 235 g/mol. The average Bonchev–Trinajstić information content (AvgIpc) is 3.04. The van der Waals surface area contributed by atoms with Crippen LogP contribution >= 0.6 is 0 Å². The molecule has 0 aromatic heterocycles. The van der Waals surface area contributed by atoms with Gasteiger partial charge >= 0.3 is 0 Å². The van der Waals surface area contributed by atoms with Gasteiger partial charge in [-0.2, -0.15) is 10.2 Å². The van der Waals surface area contributed by atoms with E-state index in [0.717, 1.165) is 25.7 Å². The third-order valence-corrected chi connectivity index (χ3v) is 4.58. The Labute approximate surface area is 99.8 Å². The minimum absolute atomic E-state index is 0.0718. The number of amides is 1. The Kier molecular flexibility index (Phi) is 2.01. The van der Waals surface area contributed by atoms with Crippen LogP contribution in [0, 0.1) is 17.3 Å². The van der Waals surface area contributed by atoms with Crippen LogP contribution in [0.4, 0.5) is 0 Å². The van der Waals surface area contributed by atoms with Gasteiger partial charge in [0, 0.05) is 0 Å². The van der Waals surface area contributed by atoms with E-state index in [9.17, 15) is 9.59 Å². The van der Waals surface area contributed by atoms with Crippen molar-refractivity contribution < 1.29 is 9.59 Å². The molecule has 5 heteroatoms. The molecule has 0 aromatic carbocycles. The van der Waals surface area contributed by atoms with Gasteiger partial charge in [-0.25, -0.2) is 0 Å². The fourth-order valence-corrected chi connectivity index (χ4v) is 2.91. The number of carbonyl (C=O) groups excluding carboxylic acids is 2. The maximum atomic E-state index is 12.7. The van der Waals surface area contributed by atoms with Crippen molar-refractivity contribution in [1.29, 1.82) is 0 Å². The molecule has 0 aromatic rings. The fourth-order valence-electron chi connectivity index (χ4n) is 2.91. The smallest absolute Gasteiger partial charge is 0.231 e. The number of rotatable bonds is 5. The Morgan fingerprint density at radius 1 is 1.29 bits per heavy atom. The summed E-state index contributed by atoms with van der Waals surface area (Å²) in [5.41, 5.74) is 3.75. The summed E-state index contributed by atoms with van der Waals surface area (Å²) in [7, 11) is 0. The molecule has 0 radical (unpaired) electrons. The molecular formula is C12H17N3O2.